The smallest absolute Gasteiger partial charge is 0.0623 e. The summed E-state index contributed by atoms with van der Waals surface area (Å²) < 4.78 is 11.0. The monoisotopic (exact) mass is 228 g/mol. The van der Waals surface area contributed by atoms with Gasteiger partial charge in [-0.15, -0.1) is 0 Å². The first kappa shape index (κ1) is 12.3. The highest BCUT2D eigenvalue weighted by Gasteiger charge is 2.30. The van der Waals surface area contributed by atoms with Crippen LogP contribution in [0.4, 0.5) is 0 Å². The summed E-state index contributed by atoms with van der Waals surface area (Å²) in [5, 5.41) is 3.51. The maximum absolute atomic E-state index is 5.57. The van der Waals surface area contributed by atoms with E-state index in [4.69, 9.17) is 9.47 Å². The zero-order valence-corrected chi connectivity index (χ0v) is 10.4. The van der Waals surface area contributed by atoms with Crippen LogP contribution in [0.2, 0.25) is 0 Å². The molecule has 2 aliphatic rings. The van der Waals surface area contributed by atoms with Gasteiger partial charge in [-0.1, -0.05) is 6.92 Å². The van der Waals surface area contributed by atoms with Crippen LogP contribution in [-0.4, -0.2) is 63.5 Å². The Bertz CT molecular complexity index is 207. The van der Waals surface area contributed by atoms with Gasteiger partial charge in [-0.3, -0.25) is 0 Å². The van der Waals surface area contributed by atoms with E-state index in [1.54, 1.807) is 0 Å². The van der Waals surface area contributed by atoms with Crippen LogP contribution in [0.5, 0.6) is 0 Å². The molecule has 2 saturated heterocycles. The summed E-state index contributed by atoms with van der Waals surface area (Å²) >= 11 is 0. The molecular weight excluding hydrogens is 204 g/mol. The second-order valence-corrected chi connectivity index (χ2v) is 4.92. The molecular formula is C12H24N2O2. The van der Waals surface area contributed by atoms with E-state index in [1.165, 1.54) is 6.42 Å². The number of nitrogens with zero attached hydrogens (tertiary/aromatic N) is 1. The normalized spacial score (nSPS) is 35.1. The standard InChI is InChI=1S/C12H24N2O2/c1-3-13-12-9-16-7-10(12)6-14(2)11-4-5-15-8-11/h10-13H,3-9H2,1-2H3. The van der Waals surface area contributed by atoms with E-state index in [-0.39, 0.29) is 0 Å². The molecule has 2 rings (SSSR count). The minimum absolute atomic E-state index is 0.537. The summed E-state index contributed by atoms with van der Waals surface area (Å²) in [5.41, 5.74) is 0. The molecule has 16 heavy (non-hydrogen) atoms. The Kier molecular flexibility index (Phi) is 4.58. The van der Waals surface area contributed by atoms with Crippen molar-refractivity contribution in [1.29, 1.82) is 0 Å². The maximum Gasteiger partial charge on any atom is 0.0623 e. The van der Waals surface area contributed by atoms with Crippen molar-refractivity contribution in [2.75, 3.05) is 46.6 Å². The third kappa shape index (κ3) is 2.94. The molecule has 0 bridgehead atoms. The quantitative estimate of drug-likeness (QED) is 0.735. The van der Waals surface area contributed by atoms with E-state index < -0.39 is 0 Å². The summed E-state index contributed by atoms with van der Waals surface area (Å²) in [6, 6.07) is 1.15. The van der Waals surface area contributed by atoms with Crippen LogP contribution < -0.4 is 5.32 Å². The largest absolute Gasteiger partial charge is 0.380 e. The van der Waals surface area contributed by atoms with Crippen LogP contribution in [0, 0.1) is 5.92 Å². The highest BCUT2D eigenvalue weighted by atomic mass is 16.5. The van der Waals surface area contributed by atoms with Crippen LogP contribution in [0.1, 0.15) is 13.3 Å². The van der Waals surface area contributed by atoms with E-state index >= 15 is 0 Å². The van der Waals surface area contributed by atoms with Gasteiger partial charge >= 0.3 is 0 Å². The Morgan fingerprint density at radius 3 is 2.81 bits per heavy atom. The molecule has 0 aromatic rings. The van der Waals surface area contributed by atoms with E-state index in [0.29, 0.717) is 18.0 Å². The molecule has 0 amide bonds. The minimum Gasteiger partial charge on any atom is -0.380 e. The number of hydrogen-bond acceptors (Lipinski definition) is 4. The fourth-order valence-electron chi connectivity index (χ4n) is 2.66. The third-order valence-electron chi connectivity index (χ3n) is 3.72. The van der Waals surface area contributed by atoms with Crippen molar-refractivity contribution in [2.45, 2.75) is 25.4 Å². The van der Waals surface area contributed by atoms with Crippen LogP contribution in [0.25, 0.3) is 0 Å². The summed E-state index contributed by atoms with van der Waals surface area (Å²) in [7, 11) is 2.21. The van der Waals surface area contributed by atoms with Crippen molar-refractivity contribution >= 4 is 0 Å². The van der Waals surface area contributed by atoms with E-state index in [1.807, 2.05) is 0 Å². The lowest BCUT2D eigenvalue weighted by atomic mass is 10.0. The van der Waals surface area contributed by atoms with Gasteiger partial charge in [0.1, 0.15) is 0 Å². The molecule has 0 aromatic carbocycles. The minimum atomic E-state index is 0.537. The first-order valence-corrected chi connectivity index (χ1v) is 6.40. The van der Waals surface area contributed by atoms with Crippen molar-refractivity contribution in [1.82, 2.24) is 10.2 Å². The van der Waals surface area contributed by atoms with Crippen molar-refractivity contribution < 1.29 is 9.47 Å². The predicted molar refractivity (Wildman–Crippen MR) is 63.6 cm³/mol. The van der Waals surface area contributed by atoms with Crippen molar-refractivity contribution in [3.63, 3.8) is 0 Å². The summed E-state index contributed by atoms with van der Waals surface area (Å²) in [5.74, 6) is 0.630. The SMILES string of the molecule is CCNC1COCC1CN(C)C1CCOC1. The van der Waals surface area contributed by atoms with E-state index in [2.05, 4.69) is 24.2 Å². The number of ether oxygens (including phenoxy) is 2. The average molecular weight is 228 g/mol. The molecule has 2 fully saturated rings. The second-order valence-electron chi connectivity index (χ2n) is 4.92. The van der Waals surface area contributed by atoms with Crippen molar-refractivity contribution in [2.24, 2.45) is 5.92 Å². The fraction of sp³-hybridized carbons (Fsp3) is 1.00. The Labute approximate surface area is 98.3 Å². The summed E-state index contributed by atoms with van der Waals surface area (Å²) in [6.07, 6.45) is 1.18. The van der Waals surface area contributed by atoms with E-state index in [0.717, 1.165) is 39.5 Å². The molecule has 2 heterocycles. The number of nitrogens with one attached hydrogen (secondary N) is 1. The molecule has 0 radical (unpaired) electrons. The van der Waals surface area contributed by atoms with Crippen molar-refractivity contribution in [3.8, 4) is 0 Å². The molecule has 3 atom stereocenters. The van der Waals surface area contributed by atoms with Gasteiger partial charge in [0, 0.05) is 31.2 Å². The Hall–Kier alpha value is -0.160. The van der Waals surface area contributed by atoms with Gasteiger partial charge < -0.3 is 19.7 Å². The topological polar surface area (TPSA) is 33.7 Å². The highest BCUT2D eigenvalue weighted by Crippen LogP contribution is 2.18. The molecule has 4 nitrogen and oxygen atoms in total. The summed E-state index contributed by atoms with van der Waals surface area (Å²) in [6.45, 7) is 7.89. The first-order valence-electron chi connectivity index (χ1n) is 6.40. The maximum atomic E-state index is 5.57. The van der Waals surface area contributed by atoms with Gasteiger partial charge in [0.15, 0.2) is 0 Å². The first-order chi connectivity index (χ1) is 7.81. The molecule has 0 aliphatic carbocycles. The van der Waals surface area contributed by atoms with Gasteiger partial charge in [-0.2, -0.15) is 0 Å². The molecule has 4 heteroatoms. The van der Waals surface area contributed by atoms with Crippen LogP contribution in [0.3, 0.4) is 0 Å². The van der Waals surface area contributed by atoms with Gasteiger partial charge in [-0.25, -0.2) is 0 Å². The second kappa shape index (κ2) is 5.96. The highest BCUT2D eigenvalue weighted by molar-refractivity contribution is 4.85. The van der Waals surface area contributed by atoms with Gasteiger partial charge in [-0.05, 0) is 20.0 Å². The summed E-state index contributed by atoms with van der Waals surface area (Å²) in [4.78, 5) is 2.44. The molecule has 3 unspecified atom stereocenters. The fourth-order valence-corrected chi connectivity index (χ4v) is 2.66. The van der Waals surface area contributed by atoms with Crippen LogP contribution >= 0.6 is 0 Å². The zero-order valence-electron chi connectivity index (χ0n) is 10.4. The van der Waals surface area contributed by atoms with Crippen LogP contribution in [0.15, 0.2) is 0 Å². The number of hydrogen-bond donors (Lipinski definition) is 1. The van der Waals surface area contributed by atoms with Gasteiger partial charge in [0.25, 0.3) is 0 Å². The van der Waals surface area contributed by atoms with Crippen molar-refractivity contribution in [3.05, 3.63) is 0 Å². The van der Waals surface area contributed by atoms with E-state index in [9.17, 15) is 0 Å². The Balaban J connectivity index is 1.78. The lowest BCUT2D eigenvalue weighted by Gasteiger charge is -2.28. The van der Waals surface area contributed by atoms with Crippen LogP contribution in [-0.2, 0) is 9.47 Å². The predicted octanol–water partition coefficient (Wildman–Crippen LogP) is 0.332. The number of likely N-dealkylation sites (N-methyl/N-ethyl adjacent to an activating group) is 2. The zero-order chi connectivity index (χ0) is 11.4. The third-order valence-corrected chi connectivity index (χ3v) is 3.72. The lowest BCUT2D eigenvalue weighted by Crippen LogP contribution is -2.43. The lowest BCUT2D eigenvalue weighted by molar-refractivity contribution is 0.138. The molecule has 1 N–H and O–H groups in total. The molecule has 0 saturated carbocycles. The van der Waals surface area contributed by atoms with Gasteiger partial charge in [0.05, 0.1) is 19.8 Å². The average Bonchev–Trinajstić information content (AvgIpc) is 2.90. The molecule has 0 spiro atoms. The molecule has 2 aliphatic heterocycles. The molecule has 94 valence electrons. The Morgan fingerprint density at radius 2 is 2.12 bits per heavy atom. The Morgan fingerprint density at radius 1 is 1.25 bits per heavy atom. The molecule has 0 aromatic heterocycles. The number of rotatable bonds is 5. The van der Waals surface area contributed by atoms with Gasteiger partial charge in [0.2, 0.25) is 0 Å².